The maximum absolute atomic E-state index is 11.3. The summed E-state index contributed by atoms with van der Waals surface area (Å²) in [5, 5.41) is 9.31. The van der Waals surface area contributed by atoms with E-state index in [0.29, 0.717) is 12.2 Å². The molecule has 0 amide bonds. The topological polar surface area (TPSA) is 51.5 Å². The molecule has 0 spiro atoms. The third-order valence-electron chi connectivity index (χ3n) is 8.14. The molecule has 5 rings (SSSR count). The molecule has 2 aliphatic rings. The minimum absolute atomic E-state index is 0.164. The summed E-state index contributed by atoms with van der Waals surface area (Å²) in [6.45, 7) is 11.0. The quantitative estimate of drug-likeness (QED) is 0.469. The number of aromatic nitrogens is 1. The van der Waals surface area contributed by atoms with E-state index < -0.39 is 5.97 Å². The van der Waals surface area contributed by atoms with Gasteiger partial charge in [0.05, 0.1) is 17.9 Å². The molecular weight excluding hydrogens is 422 g/mol. The van der Waals surface area contributed by atoms with E-state index in [1.54, 1.807) is 19.2 Å². The first-order valence-electron chi connectivity index (χ1n) is 12.4. The summed E-state index contributed by atoms with van der Waals surface area (Å²) in [5.41, 5.74) is 11.4. The van der Waals surface area contributed by atoms with Gasteiger partial charge in [-0.25, -0.2) is 4.79 Å². The van der Waals surface area contributed by atoms with Gasteiger partial charge in [-0.3, -0.25) is 0 Å². The Morgan fingerprint density at radius 3 is 2.24 bits per heavy atom. The Morgan fingerprint density at radius 1 is 0.971 bits per heavy atom. The zero-order chi connectivity index (χ0) is 24.3. The predicted molar refractivity (Wildman–Crippen MR) is 137 cm³/mol. The van der Waals surface area contributed by atoms with Crippen molar-refractivity contribution in [2.75, 3.05) is 13.7 Å². The molecule has 0 saturated carbocycles. The van der Waals surface area contributed by atoms with Crippen molar-refractivity contribution in [3.8, 4) is 22.4 Å². The van der Waals surface area contributed by atoms with Crippen LogP contribution in [0.1, 0.15) is 73.1 Å². The summed E-state index contributed by atoms with van der Waals surface area (Å²) in [5.74, 6) is -0.893. The van der Waals surface area contributed by atoms with Crippen LogP contribution in [0.25, 0.3) is 22.4 Å². The molecule has 0 aliphatic heterocycles. The van der Waals surface area contributed by atoms with Crippen LogP contribution in [0, 0.1) is 0 Å². The molecule has 0 atom stereocenters. The molecule has 3 aromatic rings. The average Bonchev–Trinajstić information content (AvgIpc) is 3.19. The molecule has 0 fully saturated rings. The van der Waals surface area contributed by atoms with Crippen LogP contribution in [0.2, 0.25) is 0 Å². The summed E-state index contributed by atoms with van der Waals surface area (Å²) in [4.78, 5) is 11.3. The zero-order valence-corrected chi connectivity index (χ0v) is 21.0. The van der Waals surface area contributed by atoms with Crippen LogP contribution in [0.3, 0.4) is 0 Å². The Bertz CT molecular complexity index is 1260. The highest BCUT2D eigenvalue weighted by atomic mass is 16.5. The number of ether oxygens (including phenoxy) is 1. The molecule has 0 radical (unpaired) electrons. The number of benzene rings is 2. The summed E-state index contributed by atoms with van der Waals surface area (Å²) in [6.07, 6.45) is 6.67. The van der Waals surface area contributed by atoms with Crippen molar-refractivity contribution in [1.82, 2.24) is 4.57 Å². The van der Waals surface area contributed by atoms with Crippen LogP contribution in [-0.4, -0.2) is 29.4 Å². The molecule has 0 bridgehead atoms. The van der Waals surface area contributed by atoms with Crippen molar-refractivity contribution in [1.29, 1.82) is 0 Å². The standard InChI is InChI=1S/C30H35NO3/c1-29(2)12-13-30(3,4)26-17-23-21(16-25(26)29)10-11-22-24(18-31(27(22)23)14-15-34-5)19-6-8-20(9-7-19)28(32)33/h6-9,16-18H,10-15H2,1-5H3,(H,32,33). The van der Waals surface area contributed by atoms with E-state index >= 15 is 0 Å². The molecule has 0 saturated heterocycles. The van der Waals surface area contributed by atoms with E-state index in [4.69, 9.17) is 4.74 Å². The summed E-state index contributed by atoms with van der Waals surface area (Å²) < 4.78 is 7.80. The molecule has 2 aromatic carbocycles. The van der Waals surface area contributed by atoms with Gasteiger partial charge in [0.1, 0.15) is 0 Å². The maximum Gasteiger partial charge on any atom is 0.335 e. The lowest BCUT2D eigenvalue weighted by atomic mass is 9.62. The van der Waals surface area contributed by atoms with Gasteiger partial charge in [-0.1, -0.05) is 45.9 Å². The highest BCUT2D eigenvalue weighted by Gasteiger charge is 2.38. The third kappa shape index (κ3) is 3.69. The van der Waals surface area contributed by atoms with Crippen LogP contribution in [0.4, 0.5) is 0 Å². The van der Waals surface area contributed by atoms with Gasteiger partial charge in [0.25, 0.3) is 0 Å². The number of carboxylic acid groups (broad SMARTS) is 1. The van der Waals surface area contributed by atoms with Crippen LogP contribution < -0.4 is 0 Å². The predicted octanol–water partition coefficient (Wildman–Crippen LogP) is 6.61. The van der Waals surface area contributed by atoms with Crippen molar-refractivity contribution in [2.45, 2.75) is 70.8 Å². The number of rotatable bonds is 5. The van der Waals surface area contributed by atoms with Crippen LogP contribution in [0.5, 0.6) is 0 Å². The maximum atomic E-state index is 11.3. The van der Waals surface area contributed by atoms with Gasteiger partial charge in [0.15, 0.2) is 0 Å². The molecule has 1 aromatic heterocycles. The van der Waals surface area contributed by atoms with Crippen LogP contribution in [0.15, 0.2) is 42.6 Å². The van der Waals surface area contributed by atoms with E-state index in [-0.39, 0.29) is 10.8 Å². The molecule has 0 unspecified atom stereocenters. The molecule has 4 nitrogen and oxygen atoms in total. The first-order chi connectivity index (χ1) is 16.1. The number of aromatic carboxylic acids is 1. The number of hydrogen-bond donors (Lipinski definition) is 1. The first-order valence-corrected chi connectivity index (χ1v) is 12.4. The van der Waals surface area contributed by atoms with Gasteiger partial charge in [-0.15, -0.1) is 0 Å². The van der Waals surface area contributed by atoms with E-state index in [1.165, 1.54) is 51.9 Å². The Hall–Kier alpha value is -2.85. The lowest BCUT2D eigenvalue weighted by Gasteiger charge is -2.43. The van der Waals surface area contributed by atoms with Crippen molar-refractivity contribution in [2.24, 2.45) is 0 Å². The molecule has 178 valence electrons. The second kappa shape index (κ2) is 8.13. The smallest absolute Gasteiger partial charge is 0.335 e. The van der Waals surface area contributed by atoms with Crippen molar-refractivity contribution >= 4 is 5.97 Å². The summed E-state index contributed by atoms with van der Waals surface area (Å²) >= 11 is 0. The number of hydrogen-bond acceptors (Lipinski definition) is 2. The Kier molecular flexibility index (Phi) is 5.48. The molecule has 4 heteroatoms. The number of aryl methyl sites for hydroxylation is 1. The van der Waals surface area contributed by atoms with E-state index in [0.717, 1.165) is 24.9 Å². The minimum atomic E-state index is -0.893. The van der Waals surface area contributed by atoms with Crippen molar-refractivity contribution in [3.63, 3.8) is 0 Å². The van der Waals surface area contributed by atoms with Crippen molar-refractivity contribution in [3.05, 3.63) is 70.4 Å². The molecule has 1 heterocycles. The Balaban J connectivity index is 1.70. The van der Waals surface area contributed by atoms with Gasteiger partial charge in [0, 0.05) is 31.0 Å². The fraction of sp³-hybridized carbons (Fsp3) is 0.433. The lowest BCUT2D eigenvalue weighted by Crippen LogP contribution is -2.34. The van der Waals surface area contributed by atoms with Gasteiger partial charge in [-0.05, 0) is 82.5 Å². The third-order valence-corrected chi connectivity index (χ3v) is 8.14. The van der Waals surface area contributed by atoms with Crippen molar-refractivity contribution < 1.29 is 14.6 Å². The zero-order valence-electron chi connectivity index (χ0n) is 21.0. The molecular formula is C30H35NO3. The Labute approximate surface area is 202 Å². The number of carbonyl (C=O) groups is 1. The average molecular weight is 458 g/mol. The normalized spacial score (nSPS) is 17.6. The minimum Gasteiger partial charge on any atom is -0.478 e. The van der Waals surface area contributed by atoms with Crippen LogP contribution in [-0.2, 0) is 35.0 Å². The first kappa shape index (κ1) is 22.9. The van der Waals surface area contributed by atoms with Crippen LogP contribution >= 0.6 is 0 Å². The van der Waals surface area contributed by atoms with E-state index in [1.807, 2.05) is 12.1 Å². The summed E-state index contributed by atoms with van der Waals surface area (Å²) in [7, 11) is 1.75. The number of methoxy groups -OCH3 is 1. The second-order valence-corrected chi connectivity index (χ2v) is 11.3. The fourth-order valence-corrected chi connectivity index (χ4v) is 5.92. The SMILES string of the molecule is COCCn1cc(-c2ccc(C(=O)O)cc2)c2c1-c1cc3c(cc1CC2)C(C)(C)CCC3(C)C. The highest BCUT2D eigenvalue weighted by Crippen LogP contribution is 2.50. The number of carboxylic acids is 1. The molecule has 34 heavy (non-hydrogen) atoms. The van der Waals surface area contributed by atoms with Gasteiger partial charge in [0.2, 0.25) is 0 Å². The Morgan fingerprint density at radius 2 is 1.62 bits per heavy atom. The second-order valence-electron chi connectivity index (χ2n) is 11.3. The van der Waals surface area contributed by atoms with E-state index in [9.17, 15) is 9.90 Å². The van der Waals surface area contributed by atoms with Gasteiger partial charge < -0.3 is 14.4 Å². The monoisotopic (exact) mass is 457 g/mol. The fourth-order valence-electron chi connectivity index (χ4n) is 5.92. The number of fused-ring (bicyclic) bond motifs is 4. The molecule has 1 N–H and O–H groups in total. The summed E-state index contributed by atoms with van der Waals surface area (Å²) in [6, 6.07) is 12.3. The molecule has 2 aliphatic carbocycles. The number of nitrogens with zero attached hydrogens (tertiary/aromatic N) is 1. The largest absolute Gasteiger partial charge is 0.478 e. The highest BCUT2D eigenvalue weighted by molar-refractivity contribution is 5.89. The van der Waals surface area contributed by atoms with Gasteiger partial charge in [-0.2, -0.15) is 0 Å². The van der Waals surface area contributed by atoms with Gasteiger partial charge >= 0.3 is 5.97 Å². The lowest BCUT2D eigenvalue weighted by molar-refractivity contribution is 0.0697. The van der Waals surface area contributed by atoms with E-state index in [2.05, 4.69) is 50.6 Å².